The summed E-state index contributed by atoms with van der Waals surface area (Å²) in [6.45, 7) is 2.18. The Kier molecular flexibility index (Phi) is 5.69. The number of benzene rings is 2. The zero-order valence-corrected chi connectivity index (χ0v) is 14.0. The van der Waals surface area contributed by atoms with Gasteiger partial charge in [-0.05, 0) is 36.8 Å². The monoisotopic (exact) mass is 336 g/mol. The standard InChI is InChI=1S/C17H18Cl2N2O/c1-12(15-9-8-13(18)10-16(15)19)20-17(22)11-21(2)14-6-4-3-5-7-14/h3-10,12H,11H2,1-2H3,(H,20,22)/t12-/m1/s1. The maximum Gasteiger partial charge on any atom is 0.239 e. The van der Waals surface area contributed by atoms with Gasteiger partial charge in [0.25, 0.3) is 0 Å². The molecule has 2 rings (SSSR count). The van der Waals surface area contributed by atoms with Crippen molar-refractivity contribution in [3.8, 4) is 0 Å². The highest BCUT2D eigenvalue weighted by Gasteiger charge is 2.14. The molecule has 0 heterocycles. The van der Waals surface area contributed by atoms with E-state index in [2.05, 4.69) is 5.32 Å². The van der Waals surface area contributed by atoms with Crippen LogP contribution < -0.4 is 10.2 Å². The van der Waals surface area contributed by atoms with Crippen molar-refractivity contribution in [2.75, 3.05) is 18.5 Å². The first kappa shape index (κ1) is 16.7. The number of amides is 1. The number of halogens is 2. The Bertz CT molecular complexity index is 646. The summed E-state index contributed by atoms with van der Waals surface area (Å²) < 4.78 is 0. The highest BCUT2D eigenvalue weighted by molar-refractivity contribution is 6.35. The number of carbonyl (C=O) groups is 1. The van der Waals surface area contributed by atoms with Crippen LogP contribution in [0.2, 0.25) is 10.0 Å². The summed E-state index contributed by atoms with van der Waals surface area (Å²) in [5.74, 6) is -0.0649. The molecule has 0 aliphatic carbocycles. The molecule has 0 aromatic heterocycles. The average Bonchev–Trinajstić information content (AvgIpc) is 2.47. The van der Waals surface area contributed by atoms with E-state index >= 15 is 0 Å². The van der Waals surface area contributed by atoms with Crippen LogP contribution in [0.1, 0.15) is 18.5 Å². The van der Waals surface area contributed by atoms with Gasteiger partial charge in [0.15, 0.2) is 0 Å². The molecule has 116 valence electrons. The summed E-state index contributed by atoms with van der Waals surface area (Å²) in [5, 5.41) is 4.08. The zero-order chi connectivity index (χ0) is 16.1. The molecule has 3 nitrogen and oxygen atoms in total. The molecule has 22 heavy (non-hydrogen) atoms. The molecule has 1 N–H and O–H groups in total. The zero-order valence-electron chi connectivity index (χ0n) is 12.5. The smallest absolute Gasteiger partial charge is 0.239 e. The Hall–Kier alpha value is -1.71. The predicted octanol–water partition coefficient (Wildman–Crippen LogP) is 4.31. The molecule has 2 aromatic rings. The van der Waals surface area contributed by atoms with Crippen LogP contribution in [0.25, 0.3) is 0 Å². The molecule has 1 amide bonds. The van der Waals surface area contributed by atoms with Crippen LogP contribution in [-0.4, -0.2) is 19.5 Å². The van der Waals surface area contributed by atoms with Gasteiger partial charge in [0, 0.05) is 22.8 Å². The van der Waals surface area contributed by atoms with Crippen molar-refractivity contribution in [1.29, 1.82) is 0 Å². The van der Waals surface area contributed by atoms with E-state index in [-0.39, 0.29) is 18.5 Å². The van der Waals surface area contributed by atoms with Crippen molar-refractivity contribution in [1.82, 2.24) is 5.32 Å². The lowest BCUT2D eigenvalue weighted by Gasteiger charge is -2.21. The van der Waals surface area contributed by atoms with Gasteiger partial charge < -0.3 is 10.2 Å². The number of nitrogens with one attached hydrogen (secondary N) is 1. The number of hydrogen-bond acceptors (Lipinski definition) is 2. The van der Waals surface area contributed by atoms with Gasteiger partial charge in [-0.15, -0.1) is 0 Å². The molecule has 1 atom stereocenters. The van der Waals surface area contributed by atoms with Gasteiger partial charge in [0.2, 0.25) is 5.91 Å². The number of hydrogen-bond donors (Lipinski definition) is 1. The van der Waals surface area contributed by atoms with E-state index in [4.69, 9.17) is 23.2 Å². The van der Waals surface area contributed by atoms with E-state index in [0.717, 1.165) is 11.3 Å². The molecule has 5 heteroatoms. The van der Waals surface area contributed by atoms with Crippen molar-refractivity contribution in [2.24, 2.45) is 0 Å². The molecule has 0 fully saturated rings. The molecule has 0 bridgehead atoms. The minimum absolute atomic E-state index is 0.0649. The quantitative estimate of drug-likeness (QED) is 0.882. The second kappa shape index (κ2) is 7.52. The highest BCUT2D eigenvalue weighted by atomic mass is 35.5. The first-order chi connectivity index (χ1) is 10.5. The Labute approximate surface area is 140 Å². The Morgan fingerprint density at radius 3 is 2.50 bits per heavy atom. The Morgan fingerprint density at radius 1 is 1.18 bits per heavy atom. The van der Waals surface area contributed by atoms with Gasteiger partial charge in [-0.2, -0.15) is 0 Å². The van der Waals surface area contributed by atoms with Crippen LogP contribution in [0, 0.1) is 0 Å². The van der Waals surface area contributed by atoms with Crippen LogP contribution in [0.4, 0.5) is 5.69 Å². The number of rotatable bonds is 5. The summed E-state index contributed by atoms with van der Waals surface area (Å²) in [6, 6.07) is 14.9. The molecule has 0 saturated heterocycles. The number of likely N-dealkylation sites (N-methyl/N-ethyl adjacent to an activating group) is 1. The summed E-state index contributed by atoms with van der Waals surface area (Å²) >= 11 is 12.0. The third kappa shape index (κ3) is 4.39. The number of para-hydroxylation sites is 1. The second-order valence-corrected chi connectivity index (χ2v) is 5.99. The van der Waals surface area contributed by atoms with Gasteiger partial charge in [-0.1, -0.05) is 47.5 Å². The van der Waals surface area contributed by atoms with Gasteiger partial charge in [-0.3, -0.25) is 4.79 Å². The number of nitrogens with zero attached hydrogens (tertiary/aromatic N) is 1. The van der Waals surface area contributed by atoms with Crippen LogP contribution >= 0.6 is 23.2 Å². The van der Waals surface area contributed by atoms with E-state index in [1.807, 2.05) is 55.3 Å². The summed E-state index contributed by atoms with van der Waals surface area (Å²) in [5.41, 5.74) is 1.84. The van der Waals surface area contributed by atoms with E-state index in [9.17, 15) is 4.79 Å². The van der Waals surface area contributed by atoms with E-state index in [1.165, 1.54) is 0 Å². The maximum atomic E-state index is 12.2. The van der Waals surface area contributed by atoms with Crippen LogP contribution in [0.15, 0.2) is 48.5 Å². The predicted molar refractivity (Wildman–Crippen MR) is 92.7 cm³/mol. The highest BCUT2D eigenvalue weighted by Crippen LogP contribution is 2.26. The minimum atomic E-state index is -0.179. The molecule has 0 saturated carbocycles. The fourth-order valence-electron chi connectivity index (χ4n) is 2.21. The largest absolute Gasteiger partial charge is 0.365 e. The van der Waals surface area contributed by atoms with Gasteiger partial charge in [0.05, 0.1) is 12.6 Å². The first-order valence-corrected chi connectivity index (χ1v) is 7.73. The normalized spacial score (nSPS) is 11.8. The van der Waals surface area contributed by atoms with Crippen molar-refractivity contribution >= 4 is 34.8 Å². The van der Waals surface area contributed by atoms with Crippen molar-refractivity contribution < 1.29 is 4.79 Å². The lowest BCUT2D eigenvalue weighted by atomic mass is 10.1. The average molecular weight is 337 g/mol. The third-order valence-electron chi connectivity index (χ3n) is 3.38. The maximum absolute atomic E-state index is 12.2. The molecule has 0 spiro atoms. The fourth-order valence-corrected chi connectivity index (χ4v) is 2.78. The lowest BCUT2D eigenvalue weighted by Crippen LogP contribution is -2.36. The molecule has 0 aliphatic heterocycles. The van der Waals surface area contributed by atoms with Gasteiger partial charge in [-0.25, -0.2) is 0 Å². The van der Waals surface area contributed by atoms with Gasteiger partial charge in [0.1, 0.15) is 0 Å². The van der Waals surface area contributed by atoms with Crippen molar-refractivity contribution in [3.63, 3.8) is 0 Å². The molecule has 0 radical (unpaired) electrons. The molecule has 2 aromatic carbocycles. The number of anilines is 1. The molecular weight excluding hydrogens is 319 g/mol. The van der Waals surface area contributed by atoms with Crippen LogP contribution in [0.5, 0.6) is 0 Å². The van der Waals surface area contributed by atoms with Crippen molar-refractivity contribution in [3.05, 3.63) is 64.1 Å². The minimum Gasteiger partial charge on any atom is -0.365 e. The Morgan fingerprint density at radius 2 is 1.86 bits per heavy atom. The molecule has 0 unspecified atom stereocenters. The SMILES string of the molecule is C[C@@H](NC(=O)CN(C)c1ccccc1)c1ccc(Cl)cc1Cl. The van der Waals surface area contributed by atoms with Gasteiger partial charge >= 0.3 is 0 Å². The third-order valence-corrected chi connectivity index (χ3v) is 3.95. The molecule has 0 aliphatic rings. The summed E-state index contributed by atoms with van der Waals surface area (Å²) in [4.78, 5) is 14.1. The van der Waals surface area contributed by atoms with E-state index in [1.54, 1.807) is 12.1 Å². The van der Waals surface area contributed by atoms with Crippen LogP contribution in [-0.2, 0) is 4.79 Å². The summed E-state index contributed by atoms with van der Waals surface area (Å²) in [6.07, 6.45) is 0. The van der Waals surface area contributed by atoms with Crippen LogP contribution in [0.3, 0.4) is 0 Å². The second-order valence-electron chi connectivity index (χ2n) is 5.15. The van der Waals surface area contributed by atoms with Crippen molar-refractivity contribution in [2.45, 2.75) is 13.0 Å². The summed E-state index contributed by atoms with van der Waals surface area (Å²) in [7, 11) is 1.88. The first-order valence-electron chi connectivity index (χ1n) is 6.98. The molecular formula is C17H18Cl2N2O. The van der Waals surface area contributed by atoms with E-state index < -0.39 is 0 Å². The van der Waals surface area contributed by atoms with E-state index in [0.29, 0.717) is 10.0 Å². The fraction of sp³-hybridized carbons (Fsp3) is 0.235. The topological polar surface area (TPSA) is 32.3 Å². The number of carbonyl (C=O) groups excluding carboxylic acids is 1. The Balaban J connectivity index is 1.96. The lowest BCUT2D eigenvalue weighted by molar-refractivity contribution is -0.120.